The van der Waals surface area contributed by atoms with Crippen LogP contribution in [-0.4, -0.2) is 45.6 Å². The molecule has 39 heavy (non-hydrogen) atoms. The maximum absolute atomic E-state index is 13.2. The van der Waals surface area contributed by atoms with E-state index in [1.807, 2.05) is 24.3 Å². The largest absolute Gasteiger partial charge is 0.336 e. The zero-order valence-electron chi connectivity index (χ0n) is 21.4. The number of sulfone groups is 1. The van der Waals surface area contributed by atoms with Crippen LogP contribution in [-0.2, 0) is 16.4 Å². The van der Waals surface area contributed by atoms with Gasteiger partial charge in [0, 0.05) is 23.2 Å². The number of nitriles is 1. The molecule has 4 aromatic rings. The molecular weight excluding hydrogens is 514 g/mol. The van der Waals surface area contributed by atoms with Crippen LogP contribution in [0.2, 0.25) is 0 Å². The minimum absolute atomic E-state index is 0.104. The fourth-order valence-corrected chi connectivity index (χ4v) is 6.43. The van der Waals surface area contributed by atoms with Gasteiger partial charge in [0.15, 0.2) is 9.84 Å². The van der Waals surface area contributed by atoms with E-state index in [0.717, 1.165) is 60.7 Å². The van der Waals surface area contributed by atoms with Crippen molar-refractivity contribution in [3.63, 3.8) is 0 Å². The molecule has 10 nitrogen and oxygen atoms in total. The van der Waals surface area contributed by atoms with Crippen molar-refractivity contribution in [2.75, 3.05) is 11.1 Å². The molecule has 0 atom stereocenters. The van der Waals surface area contributed by atoms with Gasteiger partial charge < -0.3 is 15.2 Å². The highest BCUT2D eigenvalue weighted by atomic mass is 32.2. The Morgan fingerprint density at radius 3 is 2.46 bits per heavy atom. The number of aryl methyl sites for hydroxylation is 1. The van der Waals surface area contributed by atoms with E-state index < -0.39 is 9.84 Å². The van der Waals surface area contributed by atoms with Crippen LogP contribution in [0.5, 0.6) is 0 Å². The van der Waals surface area contributed by atoms with Crippen molar-refractivity contribution >= 4 is 32.5 Å². The molecule has 2 heterocycles. The zero-order valence-corrected chi connectivity index (χ0v) is 22.2. The molecule has 2 saturated carbocycles. The maximum atomic E-state index is 13.2. The van der Waals surface area contributed by atoms with Gasteiger partial charge in [-0.05, 0) is 68.4 Å². The smallest absolute Gasteiger partial charge is 0.319 e. The average Bonchev–Trinajstić information content (AvgIpc) is 3.51. The van der Waals surface area contributed by atoms with E-state index in [9.17, 15) is 18.5 Å². The Morgan fingerprint density at radius 2 is 1.85 bits per heavy atom. The lowest BCUT2D eigenvalue weighted by Gasteiger charge is -2.30. The van der Waals surface area contributed by atoms with Crippen molar-refractivity contribution in [3.8, 4) is 17.3 Å². The normalized spacial score (nSPS) is 15.9. The number of aromatic nitrogens is 4. The standard InChI is InChI=1S/C28H29N7O3S/c29-16-25-24-12-11-23(39(37,38)14-13-34-18-30-17-31-34)15-26(24)35(22-5-2-6-22)27(25)19-7-9-21(10-8-19)33-28(36)32-20-3-1-4-20/h7-12,15,17-18,20,22H,1-6,13-14H2,(H2,32,33,36). The molecule has 200 valence electrons. The zero-order chi connectivity index (χ0) is 27.0. The Bertz CT molecular complexity index is 1660. The molecule has 2 aromatic heterocycles. The first-order valence-corrected chi connectivity index (χ1v) is 14.9. The molecule has 0 radical (unpaired) electrons. The summed E-state index contributed by atoms with van der Waals surface area (Å²) in [7, 11) is -3.59. The van der Waals surface area contributed by atoms with Gasteiger partial charge >= 0.3 is 6.03 Å². The van der Waals surface area contributed by atoms with Gasteiger partial charge in [0.1, 0.15) is 18.7 Å². The van der Waals surface area contributed by atoms with E-state index in [0.29, 0.717) is 11.3 Å². The number of anilines is 1. The van der Waals surface area contributed by atoms with E-state index in [2.05, 4.69) is 31.4 Å². The Morgan fingerprint density at radius 1 is 1.08 bits per heavy atom. The summed E-state index contributed by atoms with van der Waals surface area (Å²) in [4.78, 5) is 16.4. The molecule has 2 aliphatic carbocycles. The molecule has 2 fully saturated rings. The number of fused-ring (bicyclic) bond motifs is 1. The second kappa shape index (κ2) is 10.2. The number of carbonyl (C=O) groups is 1. The van der Waals surface area contributed by atoms with Gasteiger partial charge in [-0.2, -0.15) is 10.4 Å². The summed E-state index contributed by atoms with van der Waals surface area (Å²) in [6.45, 7) is 0.206. The van der Waals surface area contributed by atoms with Crippen LogP contribution in [0.25, 0.3) is 22.2 Å². The van der Waals surface area contributed by atoms with Gasteiger partial charge in [0.25, 0.3) is 0 Å². The van der Waals surface area contributed by atoms with Gasteiger partial charge in [-0.25, -0.2) is 18.2 Å². The van der Waals surface area contributed by atoms with Crippen molar-refractivity contribution in [3.05, 3.63) is 60.7 Å². The number of nitrogens with one attached hydrogen (secondary N) is 2. The molecule has 0 unspecified atom stereocenters. The number of amides is 2. The predicted octanol–water partition coefficient (Wildman–Crippen LogP) is 4.64. The van der Waals surface area contributed by atoms with Crippen LogP contribution in [0.15, 0.2) is 60.0 Å². The van der Waals surface area contributed by atoms with E-state index in [1.165, 1.54) is 17.3 Å². The Hall–Kier alpha value is -4.17. The summed E-state index contributed by atoms with van der Waals surface area (Å²) >= 11 is 0. The van der Waals surface area contributed by atoms with Crippen molar-refractivity contribution < 1.29 is 13.2 Å². The van der Waals surface area contributed by atoms with Crippen LogP contribution in [0.4, 0.5) is 10.5 Å². The summed E-state index contributed by atoms with van der Waals surface area (Å²) in [5.74, 6) is -0.104. The summed E-state index contributed by atoms with van der Waals surface area (Å²) in [6.07, 6.45) is 9.06. The van der Waals surface area contributed by atoms with E-state index >= 15 is 0 Å². The number of hydrogen-bond donors (Lipinski definition) is 2. The van der Waals surface area contributed by atoms with Crippen LogP contribution in [0.1, 0.15) is 50.1 Å². The van der Waals surface area contributed by atoms with Crippen LogP contribution in [0.3, 0.4) is 0 Å². The minimum Gasteiger partial charge on any atom is -0.336 e. The maximum Gasteiger partial charge on any atom is 0.319 e. The molecule has 0 bridgehead atoms. The molecule has 2 amide bonds. The van der Waals surface area contributed by atoms with Crippen molar-refractivity contribution in [2.45, 2.75) is 62.0 Å². The predicted molar refractivity (Wildman–Crippen MR) is 147 cm³/mol. The first kappa shape index (κ1) is 25.1. The van der Waals surface area contributed by atoms with Gasteiger partial charge in [0.2, 0.25) is 0 Å². The van der Waals surface area contributed by atoms with E-state index in [4.69, 9.17) is 0 Å². The Labute approximate surface area is 226 Å². The first-order chi connectivity index (χ1) is 18.9. The number of urea groups is 1. The van der Waals surface area contributed by atoms with Gasteiger partial charge in [-0.1, -0.05) is 18.2 Å². The SMILES string of the molecule is N#Cc1c(-c2ccc(NC(=O)NC3CCC3)cc2)n(C2CCC2)c2cc(S(=O)(=O)CCn3cncn3)ccc12. The van der Waals surface area contributed by atoms with Gasteiger partial charge in [-0.3, -0.25) is 4.68 Å². The monoisotopic (exact) mass is 543 g/mol. The number of benzene rings is 2. The summed E-state index contributed by atoms with van der Waals surface area (Å²) < 4.78 is 30.0. The topological polar surface area (TPSA) is 135 Å². The third kappa shape index (κ3) is 4.88. The van der Waals surface area contributed by atoms with Crippen molar-refractivity contribution in [1.82, 2.24) is 24.6 Å². The van der Waals surface area contributed by atoms with Gasteiger partial charge in [0.05, 0.1) is 34.0 Å². The summed E-state index contributed by atoms with van der Waals surface area (Å²) in [6, 6.07) is 15.1. The Balaban J connectivity index is 1.35. The van der Waals surface area contributed by atoms with Crippen LogP contribution in [0, 0.1) is 11.3 Å². The first-order valence-electron chi connectivity index (χ1n) is 13.2. The molecular formula is C28H29N7O3S. The van der Waals surface area contributed by atoms with Crippen molar-refractivity contribution in [2.24, 2.45) is 0 Å². The molecule has 0 spiro atoms. The molecule has 0 saturated heterocycles. The minimum atomic E-state index is -3.59. The summed E-state index contributed by atoms with van der Waals surface area (Å²) in [5.41, 5.74) is 3.55. The van der Waals surface area contributed by atoms with E-state index in [-0.39, 0.29) is 35.3 Å². The van der Waals surface area contributed by atoms with E-state index in [1.54, 1.807) is 18.2 Å². The molecule has 11 heteroatoms. The lowest BCUT2D eigenvalue weighted by molar-refractivity contribution is 0.240. The second-order valence-electron chi connectivity index (χ2n) is 10.3. The number of rotatable bonds is 8. The molecule has 2 N–H and O–H groups in total. The lowest BCUT2D eigenvalue weighted by Crippen LogP contribution is -2.41. The molecule has 2 aliphatic rings. The van der Waals surface area contributed by atoms with Crippen LogP contribution < -0.4 is 10.6 Å². The third-order valence-electron chi connectivity index (χ3n) is 7.80. The Kier molecular flexibility index (Phi) is 6.56. The summed E-state index contributed by atoms with van der Waals surface area (Å²) in [5, 5.41) is 20.8. The second-order valence-corrected chi connectivity index (χ2v) is 12.4. The fourth-order valence-electron chi connectivity index (χ4n) is 5.20. The highest BCUT2D eigenvalue weighted by molar-refractivity contribution is 7.91. The van der Waals surface area contributed by atoms with Gasteiger partial charge in [-0.15, -0.1) is 0 Å². The highest BCUT2D eigenvalue weighted by Crippen LogP contribution is 2.43. The highest BCUT2D eigenvalue weighted by Gasteiger charge is 2.29. The fraction of sp³-hybridized carbons (Fsp3) is 0.357. The molecule has 2 aromatic carbocycles. The molecule has 6 rings (SSSR count). The average molecular weight is 544 g/mol. The third-order valence-corrected chi connectivity index (χ3v) is 9.49. The molecule has 0 aliphatic heterocycles. The lowest BCUT2D eigenvalue weighted by atomic mass is 9.92. The quantitative estimate of drug-likeness (QED) is 0.332. The number of nitrogens with zero attached hydrogens (tertiary/aromatic N) is 5. The number of carbonyl (C=O) groups excluding carboxylic acids is 1. The number of hydrogen-bond acceptors (Lipinski definition) is 6. The van der Waals surface area contributed by atoms with Crippen LogP contribution >= 0.6 is 0 Å². The van der Waals surface area contributed by atoms with Crippen molar-refractivity contribution in [1.29, 1.82) is 5.26 Å².